The van der Waals surface area contributed by atoms with Gasteiger partial charge in [-0.15, -0.1) is 11.3 Å². The van der Waals surface area contributed by atoms with Crippen LogP contribution >= 0.6 is 23.1 Å². The van der Waals surface area contributed by atoms with Crippen molar-refractivity contribution in [3.63, 3.8) is 0 Å². The Balaban J connectivity index is 2.21. The molecule has 2 rings (SSSR count). The van der Waals surface area contributed by atoms with Crippen molar-refractivity contribution >= 4 is 33.2 Å². The van der Waals surface area contributed by atoms with Gasteiger partial charge in [0.05, 0.1) is 6.10 Å². The second kappa shape index (κ2) is 5.01. The van der Waals surface area contributed by atoms with Gasteiger partial charge in [0.15, 0.2) is 0 Å². The molecule has 2 aromatic rings. The zero-order valence-electron chi connectivity index (χ0n) is 8.64. The van der Waals surface area contributed by atoms with Gasteiger partial charge < -0.3 is 5.11 Å². The maximum absolute atomic E-state index is 9.76. The van der Waals surface area contributed by atoms with Crippen LogP contribution in [0.1, 0.15) is 5.56 Å². The number of hydrogen-bond donors (Lipinski definition) is 1. The van der Waals surface area contributed by atoms with E-state index in [-0.39, 0.29) is 6.10 Å². The number of hydrogen-bond acceptors (Lipinski definition) is 3. The van der Waals surface area contributed by atoms with Crippen molar-refractivity contribution in [2.75, 3.05) is 12.0 Å². The number of rotatable bonds is 4. The van der Waals surface area contributed by atoms with E-state index in [0.717, 1.165) is 12.2 Å². The smallest absolute Gasteiger partial charge is 0.0671 e. The van der Waals surface area contributed by atoms with Crippen LogP contribution in [-0.4, -0.2) is 23.2 Å². The molecule has 0 saturated carbocycles. The van der Waals surface area contributed by atoms with E-state index in [1.54, 1.807) is 23.1 Å². The van der Waals surface area contributed by atoms with E-state index in [4.69, 9.17) is 0 Å². The van der Waals surface area contributed by atoms with Crippen LogP contribution in [-0.2, 0) is 6.42 Å². The summed E-state index contributed by atoms with van der Waals surface area (Å²) in [5.41, 5.74) is 1.28. The Kier molecular flexibility index (Phi) is 3.67. The lowest BCUT2D eigenvalue weighted by molar-refractivity contribution is 0.201. The molecular weight excluding hydrogens is 224 g/mol. The summed E-state index contributed by atoms with van der Waals surface area (Å²) in [6, 6.07) is 8.37. The van der Waals surface area contributed by atoms with Crippen LogP contribution in [0, 0.1) is 0 Å². The van der Waals surface area contributed by atoms with Gasteiger partial charge in [-0.2, -0.15) is 11.8 Å². The Morgan fingerprint density at radius 1 is 1.40 bits per heavy atom. The first-order valence-electron chi connectivity index (χ1n) is 4.93. The van der Waals surface area contributed by atoms with Gasteiger partial charge in [-0.05, 0) is 28.7 Å². The lowest BCUT2D eigenvalue weighted by Gasteiger charge is -2.07. The van der Waals surface area contributed by atoms with Crippen molar-refractivity contribution in [1.82, 2.24) is 0 Å². The second-order valence-corrected chi connectivity index (χ2v) is 5.39. The third kappa shape index (κ3) is 2.54. The Morgan fingerprint density at radius 3 is 3.00 bits per heavy atom. The van der Waals surface area contributed by atoms with Gasteiger partial charge in [0.2, 0.25) is 0 Å². The van der Waals surface area contributed by atoms with Gasteiger partial charge >= 0.3 is 0 Å². The number of aliphatic hydroxyl groups is 1. The zero-order valence-corrected chi connectivity index (χ0v) is 10.3. The first-order chi connectivity index (χ1) is 7.31. The molecule has 1 nitrogen and oxygen atoms in total. The highest BCUT2D eigenvalue weighted by molar-refractivity contribution is 7.98. The monoisotopic (exact) mass is 238 g/mol. The fourth-order valence-electron chi connectivity index (χ4n) is 1.70. The summed E-state index contributed by atoms with van der Waals surface area (Å²) < 4.78 is 1.31. The molecule has 0 aliphatic rings. The molecule has 1 aromatic heterocycles. The first-order valence-corrected chi connectivity index (χ1v) is 7.20. The summed E-state index contributed by atoms with van der Waals surface area (Å²) in [5, 5.41) is 13.2. The van der Waals surface area contributed by atoms with Crippen LogP contribution in [0.4, 0.5) is 0 Å². The molecule has 1 atom stereocenters. The zero-order chi connectivity index (χ0) is 10.7. The molecule has 0 radical (unpaired) electrons. The van der Waals surface area contributed by atoms with Gasteiger partial charge in [0.1, 0.15) is 0 Å². The SMILES string of the molecule is CSCC(O)Cc1csc2ccccc12. The minimum absolute atomic E-state index is 0.224. The minimum Gasteiger partial charge on any atom is -0.392 e. The van der Waals surface area contributed by atoms with Gasteiger partial charge in [0.25, 0.3) is 0 Å². The molecule has 1 N–H and O–H groups in total. The number of thiophene rings is 1. The highest BCUT2D eigenvalue weighted by atomic mass is 32.2. The van der Waals surface area contributed by atoms with Crippen LogP contribution in [0.3, 0.4) is 0 Å². The Morgan fingerprint density at radius 2 is 2.20 bits per heavy atom. The average Bonchev–Trinajstić information content (AvgIpc) is 2.62. The Bertz CT molecular complexity index is 436. The topological polar surface area (TPSA) is 20.2 Å². The van der Waals surface area contributed by atoms with Crippen molar-refractivity contribution in [1.29, 1.82) is 0 Å². The summed E-state index contributed by atoms with van der Waals surface area (Å²) in [4.78, 5) is 0. The summed E-state index contributed by atoms with van der Waals surface area (Å²) >= 11 is 3.45. The second-order valence-electron chi connectivity index (χ2n) is 3.57. The van der Waals surface area contributed by atoms with Crippen molar-refractivity contribution < 1.29 is 5.11 Å². The molecule has 1 aromatic carbocycles. The van der Waals surface area contributed by atoms with Crippen LogP contribution < -0.4 is 0 Å². The van der Waals surface area contributed by atoms with Crippen molar-refractivity contribution in [3.05, 3.63) is 35.2 Å². The maximum Gasteiger partial charge on any atom is 0.0671 e. The normalized spacial score (nSPS) is 13.2. The molecule has 0 spiro atoms. The largest absolute Gasteiger partial charge is 0.392 e. The van der Waals surface area contributed by atoms with Crippen LogP contribution in [0.5, 0.6) is 0 Å². The Labute approximate surface area is 98.1 Å². The lowest BCUT2D eigenvalue weighted by Crippen LogP contribution is -2.12. The molecule has 3 heteroatoms. The number of thioether (sulfide) groups is 1. The summed E-state index contributed by atoms with van der Waals surface area (Å²) in [7, 11) is 0. The van der Waals surface area contributed by atoms with Gasteiger partial charge in [-0.1, -0.05) is 18.2 Å². The van der Waals surface area contributed by atoms with E-state index in [0.29, 0.717) is 0 Å². The van der Waals surface area contributed by atoms with Crippen LogP contribution in [0.15, 0.2) is 29.6 Å². The third-order valence-electron chi connectivity index (χ3n) is 2.38. The van der Waals surface area contributed by atoms with Crippen LogP contribution in [0.25, 0.3) is 10.1 Å². The molecule has 0 fully saturated rings. The van der Waals surface area contributed by atoms with Gasteiger partial charge in [-0.3, -0.25) is 0 Å². The van der Waals surface area contributed by atoms with Crippen molar-refractivity contribution in [3.8, 4) is 0 Å². The summed E-state index contributed by atoms with van der Waals surface area (Å²) in [5.74, 6) is 0.810. The third-order valence-corrected chi connectivity index (χ3v) is 4.11. The van der Waals surface area contributed by atoms with E-state index in [1.807, 2.05) is 6.26 Å². The number of benzene rings is 1. The van der Waals surface area contributed by atoms with E-state index < -0.39 is 0 Å². The molecule has 0 bridgehead atoms. The standard InChI is InChI=1S/C12H14OS2/c1-14-8-10(13)6-9-7-15-12-5-3-2-4-11(9)12/h2-5,7,10,13H,6,8H2,1H3. The molecule has 1 heterocycles. The fraction of sp³-hybridized carbons (Fsp3) is 0.333. The molecule has 1 unspecified atom stereocenters. The molecule has 0 aliphatic heterocycles. The van der Waals surface area contributed by atoms with Crippen molar-refractivity contribution in [2.24, 2.45) is 0 Å². The molecule has 15 heavy (non-hydrogen) atoms. The molecular formula is C12H14OS2. The first kappa shape index (κ1) is 11.0. The van der Waals surface area contributed by atoms with Crippen LogP contribution in [0.2, 0.25) is 0 Å². The quantitative estimate of drug-likeness (QED) is 0.883. The van der Waals surface area contributed by atoms with Crippen molar-refractivity contribution in [2.45, 2.75) is 12.5 Å². The van der Waals surface area contributed by atoms with E-state index in [2.05, 4.69) is 29.6 Å². The average molecular weight is 238 g/mol. The van der Waals surface area contributed by atoms with E-state index in [1.165, 1.54) is 15.6 Å². The number of aliphatic hydroxyl groups excluding tert-OH is 1. The predicted molar refractivity (Wildman–Crippen MR) is 69.9 cm³/mol. The molecule has 0 saturated heterocycles. The van der Waals surface area contributed by atoms with E-state index in [9.17, 15) is 5.11 Å². The molecule has 0 aliphatic carbocycles. The predicted octanol–water partition coefficient (Wildman–Crippen LogP) is 3.17. The van der Waals surface area contributed by atoms with Gasteiger partial charge in [-0.25, -0.2) is 0 Å². The maximum atomic E-state index is 9.76. The Hall–Kier alpha value is -0.510. The highest BCUT2D eigenvalue weighted by Crippen LogP contribution is 2.26. The number of fused-ring (bicyclic) bond motifs is 1. The molecule has 80 valence electrons. The minimum atomic E-state index is -0.224. The summed E-state index contributed by atoms with van der Waals surface area (Å²) in [6.07, 6.45) is 2.57. The van der Waals surface area contributed by atoms with Gasteiger partial charge in [0, 0.05) is 16.9 Å². The summed E-state index contributed by atoms with van der Waals surface area (Å²) in [6.45, 7) is 0. The lowest BCUT2D eigenvalue weighted by atomic mass is 10.1. The highest BCUT2D eigenvalue weighted by Gasteiger charge is 2.08. The molecule has 0 amide bonds. The van der Waals surface area contributed by atoms with E-state index >= 15 is 0 Å². The fourth-order valence-corrected chi connectivity index (χ4v) is 3.17.